The third-order valence-corrected chi connectivity index (χ3v) is 4.62. The van der Waals surface area contributed by atoms with Crippen molar-refractivity contribution in [3.8, 4) is 0 Å². The molecule has 1 aliphatic rings. The average Bonchev–Trinajstić information content (AvgIpc) is 3.10. The van der Waals surface area contributed by atoms with Gasteiger partial charge in [-0.25, -0.2) is 0 Å². The quantitative estimate of drug-likeness (QED) is 0.285. The maximum atomic E-state index is 6.04. The van der Waals surface area contributed by atoms with Crippen LogP contribution in [0.2, 0.25) is 0 Å². The summed E-state index contributed by atoms with van der Waals surface area (Å²) in [5, 5.41) is 7.23. The molecule has 2 aromatic rings. The Morgan fingerprint density at radius 1 is 1.32 bits per heavy atom. The van der Waals surface area contributed by atoms with E-state index in [1.54, 1.807) is 0 Å². The van der Waals surface area contributed by atoms with Gasteiger partial charge in [0.05, 0.1) is 13.2 Å². The van der Waals surface area contributed by atoms with Crippen molar-refractivity contribution in [3.05, 3.63) is 47.1 Å². The lowest BCUT2D eigenvalue weighted by Gasteiger charge is -2.35. The summed E-state index contributed by atoms with van der Waals surface area (Å²) in [4.78, 5) is 11.3. The maximum absolute atomic E-state index is 6.04. The predicted molar refractivity (Wildman–Crippen MR) is 120 cm³/mol. The van der Waals surface area contributed by atoms with Crippen molar-refractivity contribution < 1.29 is 9.26 Å². The van der Waals surface area contributed by atoms with Gasteiger partial charge in [0.25, 0.3) is 0 Å². The summed E-state index contributed by atoms with van der Waals surface area (Å²) >= 11 is 0. The number of hydrogen-bond donors (Lipinski definition) is 1. The summed E-state index contributed by atoms with van der Waals surface area (Å²) in [5.74, 6) is 2.30. The van der Waals surface area contributed by atoms with E-state index in [4.69, 9.17) is 14.3 Å². The van der Waals surface area contributed by atoms with Gasteiger partial charge in [0.15, 0.2) is 11.8 Å². The Labute approximate surface area is 184 Å². The Balaban J connectivity index is 0.00000280. The Hall–Kier alpha value is -1.68. The van der Waals surface area contributed by atoms with Crippen molar-refractivity contribution in [2.45, 2.75) is 39.7 Å². The number of nitrogens with zero attached hydrogens (tertiary/aromatic N) is 4. The number of guanidine groups is 1. The van der Waals surface area contributed by atoms with Crippen LogP contribution in [0.4, 0.5) is 0 Å². The van der Waals surface area contributed by atoms with Gasteiger partial charge >= 0.3 is 0 Å². The molecule has 1 aromatic carbocycles. The maximum Gasteiger partial charge on any atom is 0.226 e. The van der Waals surface area contributed by atoms with Gasteiger partial charge in [-0.3, -0.25) is 4.99 Å². The third kappa shape index (κ3) is 6.16. The number of nitrogens with one attached hydrogen (secondary N) is 1. The van der Waals surface area contributed by atoms with Crippen LogP contribution < -0.4 is 5.32 Å². The number of benzene rings is 1. The Kier molecular flexibility index (Phi) is 9.17. The average molecular weight is 499 g/mol. The van der Waals surface area contributed by atoms with Gasteiger partial charge in [-0.05, 0) is 38.3 Å². The molecule has 154 valence electrons. The zero-order valence-electron chi connectivity index (χ0n) is 16.9. The summed E-state index contributed by atoms with van der Waals surface area (Å²) < 4.78 is 11.2. The molecule has 2 heterocycles. The van der Waals surface area contributed by atoms with E-state index in [1.165, 1.54) is 11.1 Å². The molecule has 1 fully saturated rings. The topological polar surface area (TPSA) is 75.8 Å². The lowest BCUT2D eigenvalue weighted by Crippen LogP contribution is -2.48. The van der Waals surface area contributed by atoms with E-state index in [9.17, 15) is 0 Å². The molecule has 0 bridgehead atoms. The monoisotopic (exact) mass is 499 g/mol. The summed E-state index contributed by atoms with van der Waals surface area (Å²) in [5.41, 5.74) is 2.52. The first kappa shape index (κ1) is 22.6. The number of rotatable bonds is 6. The normalized spacial score (nSPS) is 17.3. The van der Waals surface area contributed by atoms with Crippen LogP contribution in [0, 0.1) is 13.8 Å². The fraction of sp³-hybridized carbons (Fsp3) is 0.550. The Morgan fingerprint density at radius 3 is 2.86 bits per heavy atom. The van der Waals surface area contributed by atoms with Crippen LogP contribution in [0.3, 0.4) is 0 Å². The minimum Gasteiger partial charge on any atom is -0.370 e. The van der Waals surface area contributed by atoms with Crippen LogP contribution in [0.25, 0.3) is 0 Å². The molecule has 3 rings (SSSR count). The van der Waals surface area contributed by atoms with Crippen LogP contribution in [0.5, 0.6) is 0 Å². The predicted octanol–water partition coefficient (Wildman–Crippen LogP) is 3.28. The summed E-state index contributed by atoms with van der Waals surface area (Å²) in [6, 6.07) is 8.43. The summed E-state index contributed by atoms with van der Waals surface area (Å²) in [6.07, 6.45) is 1.70. The molecule has 0 amide bonds. The lowest BCUT2D eigenvalue weighted by molar-refractivity contribution is -0.00832. The van der Waals surface area contributed by atoms with Gasteiger partial charge in [0.2, 0.25) is 5.89 Å². The molecular weight excluding hydrogens is 469 g/mol. The number of ether oxygens (including phenoxy) is 1. The van der Waals surface area contributed by atoms with Gasteiger partial charge in [0, 0.05) is 26.1 Å². The SMILES string of the molecule is CCNC(=NCCCc1nc(C)no1)N1CCOC(c2ccccc2C)C1.I. The second-order valence-corrected chi connectivity index (χ2v) is 6.74. The van der Waals surface area contributed by atoms with Crippen molar-refractivity contribution in [2.75, 3.05) is 32.8 Å². The fourth-order valence-corrected chi connectivity index (χ4v) is 3.26. The van der Waals surface area contributed by atoms with E-state index in [2.05, 4.69) is 58.5 Å². The Bertz CT molecular complexity index is 765. The molecule has 0 aliphatic carbocycles. The molecule has 1 atom stereocenters. The number of aryl methyl sites for hydroxylation is 3. The highest BCUT2D eigenvalue weighted by molar-refractivity contribution is 14.0. The van der Waals surface area contributed by atoms with E-state index < -0.39 is 0 Å². The third-order valence-electron chi connectivity index (χ3n) is 4.62. The number of hydrogen-bond acceptors (Lipinski definition) is 5. The highest BCUT2D eigenvalue weighted by atomic mass is 127. The zero-order valence-corrected chi connectivity index (χ0v) is 19.2. The fourth-order valence-electron chi connectivity index (χ4n) is 3.26. The van der Waals surface area contributed by atoms with Crippen molar-refractivity contribution in [1.29, 1.82) is 0 Å². The van der Waals surface area contributed by atoms with Gasteiger partial charge in [0.1, 0.15) is 6.10 Å². The molecule has 1 N–H and O–H groups in total. The molecule has 0 radical (unpaired) electrons. The minimum absolute atomic E-state index is 0. The first-order valence-corrected chi connectivity index (χ1v) is 9.67. The van der Waals surface area contributed by atoms with E-state index in [-0.39, 0.29) is 30.1 Å². The minimum atomic E-state index is 0. The molecule has 1 aliphatic heterocycles. The second kappa shape index (κ2) is 11.4. The highest BCUT2D eigenvalue weighted by Crippen LogP contribution is 2.25. The summed E-state index contributed by atoms with van der Waals surface area (Å²) in [7, 11) is 0. The first-order chi connectivity index (χ1) is 13.2. The molecule has 7 nitrogen and oxygen atoms in total. The molecule has 0 spiro atoms. The van der Waals surface area contributed by atoms with Crippen LogP contribution in [0.1, 0.15) is 42.3 Å². The van der Waals surface area contributed by atoms with Gasteiger partial charge < -0.3 is 19.5 Å². The smallest absolute Gasteiger partial charge is 0.226 e. The second-order valence-electron chi connectivity index (χ2n) is 6.74. The molecule has 8 heteroatoms. The largest absolute Gasteiger partial charge is 0.370 e. The van der Waals surface area contributed by atoms with Crippen LogP contribution >= 0.6 is 24.0 Å². The lowest BCUT2D eigenvalue weighted by atomic mass is 10.0. The molecule has 1 unspecified atom stereocenters. The molecule has 28 heavy (non-hydrogen) atoms. The van der Waals surface area contributed by atoms with E-state index >= 15 is 0 Å². The van der Waals surface area contributed by atoms with Crippen LogP contribution in [0.15, 0.2) is 33.8 Å². The van der Waals surface area contributed by atoms with Crippen LogP contribution in [-0.2, 0) is 11.2 Å². The number of aliphatic imine (C=N–C) groups is 1. The van der Waals surface area contributed by atoms with Crippen molar-refractivity contribution in [3.63, 3.8) is 0 Å². The number of halogens is 1. The van der Waals surface area contributed by atoms with Crippen LogP contribution in [-0.4, -0.2) is 53.8 Å². The van der Waals surface area contributed by atoms with E-state index in [0.717, 1.165) is 45.0 Å². The van der Waals surface area contributed by atoms with Crippen molar-refractivity contribution >= 4 is 29.9 Å². The molecule has 0 saturated carbocycles. The molecule has 1 aromatic heterocycles. The Morgan fingerprint density at radius 2 is 2.14 bits per heavy atom. The number of morpholine rings is 1. The van der Waals surface area contributed by atoms with E-state index in [0.29, 0.717) is 18.3 Å². The van der Waals surface area contributed by atoms with Crippen molar-refractivity contribution in [1.82, 2.24) is 20.4 Å². The number of aromatic nitrogens is 2. The standard InChI is InChI=1S/C20H29N5O2.HI/c1-4-21-20(22-11-7-10-19-23-16(3)24-27-19)25-12-13-26-18(14-25)17-9-6-5-8-15(17)2;/h5-6,8-9,18H,4,7,10-14H2,1-3H3,(H,21,22);1H. The van der Waals surface area contributed by atoms with Gasteiger partial charge in [-0.1, -0.05) is 29.4 Å². The first-order valence-electron chi connectivity index (χ1n) is 9.67. The van der Waals surface area contributed by atoms with Gasteiger partial charge in [-0.2, -0.15) is 4.98 Å². The molecular formula is C20H30IN5O2. The van der Waals surface area contributed by atoms with Crippen molar-refractivity contribution in [2.24, 2.45) is 4.99 Å². The summed E-state index contributed by atoms with van der Waals surface area (Å²) in [6.45, 7) is 9.97. The molecule has 1 saturated heterocycles. The zero-order chi connectivity index (χ0) is 19.1. The highest BCUT2D eigenvalue weighted by Gasteiger charge is 2.25. The van der Waals surface area contributed by atoms with E-state index in [1.807, 2.05) is 6.92 Å². The van der Waals surface area contributed by atoms with Gasteiger partial charge in [-0.15, -0.1) is 24.0 Å².